The molecule has 6 heteroatoms. The van der Waals surface area contributed by atoms with Crippen molar-refractivity contribution >= 4 is 29.1 Å². The SMILES string of the molecule is CCC(COC)NC(=O)c1cc(Cl)nc(Cl)c1. The van der Waals surface area contributed by atoms with Crippen molar-refractivity contribution in [2.45, 2.75) is 19.4 Å². The van der Waals surface area contributed by atoms with Crippen LogP contribution in [-0.2, 0) is 4.74 Å². The second kappa shape index (κ2) is 6.79. The van der Waals surface area contributed by atoms with Gasteiger partial charge in [0.1, 0.15) is 10.3 Å². The van der Waals surface area contributed by atoms with E-state index in [1.54, 1.807) is 7.11 Å². The zero-order chi connectivity index (χ0) is 12.8. The highest BCUT2D eigenvalue weighted by Gasteiger charge is 2.13. The molecular weight excluding hydrogens is 263 g/mol. The normalized spacial score (nSPS) is 12.2. The molecule has 1 amide bonds. The van der Waals surface area contributed by atoms with Crippen LogP contribution in [0, 0.1) is 0 Å². The summed E-state index contributed by atoms with van der Waals surface area (Å²) in [5.41, 5.74) is 0.393. The average Bonchev–Trinajstić information content (AvgIpc) is 2.27. The van der Waals surface area contributed by atoms with Crippen LogP contribution in [0.5, 0.6) is 0 Å². The van der Waals surface area contributed by atoms with E-state index in [2.05, 4.69) is 10.3 Å². The number of aromatic nitrogens is 1. The van der Waals surface area contributed by atoms with Gasteiger partial charge in [0.05, 0.1) is 12.6 Å². The van der Waals surface area contributed by atoms with Gasteiger partial charge in [0, 0.05) is 12.7 Å². The highest BCUT2D eigenvalue weighted by molar-refractivity contribution is 6.33. The number of carbonyl (C=O) groups excluding carboxylic acids is 1. The quantitative estimate of drug-likeness (QED) is 0.841. The first-order valence-corrected chi connectivity index (χ1v) is 5.95. The Labute approximate surface area is 110 Å². The number of nitrogens with one attached hydrogen (secondary N) is 1. The number of amides is 1. The molecule has 1 rings (SSSR count). The second-order valence-corrected chi connectivity index (χ2v) is 4.31. The number of hydrogen-bond acceptors (Lipinski definition) is 3. The summed E-state index contributed by atoms with van der Waals surface area (Å²) in [6.45, 7) is 2.44. The molecule has 1 aromatic heterocycles. The van der Waals surface area contributed by atoms with E-state index in [0.717, 1.165) is 6.42 Å². The zero-order valence-electron chi connectivity index (χ0n) is 9.67. The second-order valence-electron chi connectivity index (χ2n) is 3.54. The summed E-state index contributed by atoms with van der Waals surface area (Å²) >= 11 is 11.5. The van der Waals surface area contributed by atoms with Crippen LogP contribution in [0.25, 0.3) is 0 Å². The minimum atomic E-state index is -0.236. The molecule has 0 aromatic carbocycles. The predicted molar refractivity (Wildman–Crippen MR) is 67.7 cm³/mol. The number of hydrogen-bond donors (Lipinski definition) is 1. The van der Waals surface area contributed by atoms with Gasteiger partial charge in [-0.3, -0.25) is 4.79 Å². The van der Waals surface area contributed by atoms with Crippen molar-refractivity contribution in [3.8, 4) is 0 Å². The van der Waals surface area contributed by atoms with Gasteiger partial charge in [-0.05, 0) is 18.6 Å². The van der Waals surface area contributed by atoms with Gasteiger partial charge in [0.2, 0.25) is 0 Å². The molecule has 0 fully saturated rings. The monoisotopic (exact) mass is 276 g/mol. The van der Waals surface area contributed by atoms with Crippen LogP contribution < -0.4 is 5.32 Å². The Kier molecular flexibility index (Phi) is 5.68. The Hall–Kier alpha value is -0.840. The summed E-state index contributed by atoms with van der Waals surface area (Å²) in [6, 6.07) is 2.92. The van der Waals surface area contributed by atoms with E-state index in [0.29, 0.717) is 12.2 Å². The van der Waals surface area contributed by atoms with E-state index in [1.165, 1.54) is 12.1 Å². The van der Waals surface area contributed by atoms with Gasteiger partial charge in [-0.25, -0.2) is 4.98 Å². The first-order chi connectivity index (χ1) is 8.06. The lowest BCUT2D eigenvalue weighted by atomic mass is 10.2. The molecule has 1 unspecified atom stereocenters. The molecule has 1 heterocycles. The molecule has 0 bridgehead atoms. The van der Waals surface area contributed by atoms with Crippen LogP contribution in [0.3, 0.4) is 0 Å². The third kappa shape index (κ3) is 4.50. The maximum atomic E-state index is 11.9. The highest BCUT2D eigenvalue weighted by atomic mass is 35.5. The molecule has 17 heavy (non-hydrogen) atoms. The van der Waals surface area contributed by atoms with Gasteiger partial charge in [0.15, 0.2) is 0 Å². The molecule has 0 spiro atoms. The van der Waals surface area contributed by atoms with Crippen LogP contribution in [-0.4, -0.2) is 30.6 Å². The molecule has 0 aliphatic rings. The van der Waals surface area contributed by atoms with Gasteiger partial charge in [0.25, 0.3) is 5.91 Å². The molecule has 0 saturated heterocycles. The topological polar surface area (TPSA) is 51.2 Å². The summed E-state index contributed by atoms with van der Waals surface area (Å²) in [5.74, 6) is -0.236. The van der Waals surface area contributed by atoms with Crippen molar-refractivity contribution in [2.75, 3.05) is 13.7 Å². The third-order valence-corrected chi connectivity index (χ3v) is 2.61. The molecule has 1 N–H and O–H groups in total. The smallest absolute Gasteiger partial charge is 0.251 e. The van der Waals surface area contributed by atoms with Crippen LogP contribution in [0.1, 0.15) is 23.7 Å². The molecule has 1 aromatic rings. The van der Waals surface area contributed by atoms with Crippen molar-refractivity contribution in [3.63, 3.8) is 0 Å². The minimum absolute atomic E-state index is 0.0294. The van der Waals surface area contributed by atoms with Crippen LogP contribution in [0.4, 0.5) is 0 Å². The fourth-order valence-corrected chi connectivity index (χ4v) is 1.79. The molecule has 0 aliphatic heterocycles. The third-order valence-electron chi connectivity index (χ3n) is 2.22. The average molecular weight is 277 g/mol. The van der Waals surface area contributed by atoms with Crippen LogP contribution in [0.2, 0.25) is 10.3 Å². The molecule has 94 valence electrons. The standard InChI is InChI=1S/C11H14Cl2N2O2/c1-3-8(6-17-2)14-11(16)7-4-9(12)15-10(13)5-7/h4-5,8H,3,6H2,1-2H3,(H,14,16). The molecule has 4 nitrogen and oxygen atoms in total. The number of rotatable bonds is 5. The Morgan fingerprint density at radius 3 is 2.53 bits per heavy atom. The van der Waals surface area contributed by atoms with Crippen molar-refractivity contribution in [3.05, 3.63) is 28.0 Å². The Bertz CT molecular complexity index is 379. The van der Waals surface area contributed by atoms with Crippen LogP contribution >= 0.6 is 23.2 Å². The van der Waals surface area contributed by atoms with Crippen molar-refractivity contribution in [1.29, 1.82) is 0 Å². The largest absolute Gasteiger partial charge is 0.383 e. The van der Waals surface area contributed by atoms with Crippen molar-refractivity contribution < 1.29 is 9.53 Å². The van der Waals surface area contributed by atoms with E-state index >= 15 is 0 Å². The number of carbonyl (C=O) groups is 1. The summed E-state index contributed by atoms with van der Waals surface area (Å²) in [4.78, 5) is 15.7. The molecule has 0 aliphatic carbocycles. The van der Waals surface area contributed by atoms with Gasteiger partial charge >= 0.3 is 0 Å². The van der Waals surface area contributed by atoms with Gasteiger partial charge < -0.3 is 10.1 Å². The lowest BCUT2D eigenvalue weighted by Gasteiger charge is -2.15. The van der Waals surface area contributed by atoms with E-state index in [1.807, 2.05) is 6.92 Å². The lowest BCUT2D eigenvalue weighted by molar-refractivity contribution is 0.0894. The number of pyridine rings is 1. The Morgan fingerprint density at radius 2 is 2.06 bits per heavy atom. The van der Waals surface area contributed by atoms with Gasteiger partial charge in [-0.15, -0.1) is 0 Å². The number of ether oxygens (including phenoxy) is 1. The fraction of sp³-hybridized carbons (Fsp3) is 0.455. The van der Waals surface area contributed by atoms with E-state index in [4.69, 9.17) is 27.9 Å². The summed E-state index contributed by atoms with van der Waals surface area (Å²) in [6.07, 6.45) is 0.784. The molecular formula is C11H14Cl2N2O2. The number of halogens is 2. The Morgan fingerprint density at radius 1 is 1.47 bits per heavy atom. The first-order valence-electron chi connectivity index (χ1n) is 5.19. The summed E-state index contributed by atoms with van der Waals surface area (Å²) in [5, 5.41) is 3.22. The summed E-state index contributed by atoms with van der Waals surface area (Å²) in [7, 11) is 1.59. The summed E-state index contributed by atoms with van der Waals surface area (Å²) < 4.78 is 5.00. The van der Waals surface area contributed by atoms with E-state index < -0.39 is 0 Å². The number of nitrogens with zero attached hydrogens (tertiary/aromatic N) is 1. The zero-order valence-corrected chi connectivity index (χ0v) is 11.2. The van der Waals surface area contributed by atoms with E-state index in [9.17, 15) is 4.79 Å². The van der Waals surface area contributed by atoms with Gasteiger partial charge in [-0.2, -0.15) is 0 Å². The minimum Gasteiger partial charge on any atom is -0.383 e. The highest BCUT2D eigenvalue weighted by Crippen LogP contribution is 2.14. The van der Waals surface area contributed by atoms with Crippen molar-refractivity contribution in [2.24, 2.45) is 0 Å². The molecule has 0 saturated carbocycles. The predicted octanol–water partition coefficient (Wildman–Crippen LogP) is 2.54. The maximum Gasteiger partial charge on any atom is 0.251 e. The maximum absolute atomic E-state index is 11.9. The van der Waals surface area contributed by atoms with E-state index in [-0.39, 0.29) is 22.3 Å². The lowest BCUT2D eigenvalue weighted by Crippen LogP contribution is -2.37. The van der Waals surface area contributed by atoms with Gasteiger partial charge in [-0.1, -0.05) is 30.1 Å². The number of methoxy groups -OCH3 is 1. The van der Waals surface area contributed by atoms with Crippen molar-refractivity contribution in [1.82, 2.24) is 10.3 Å². The first kappa shape index (κ1) is 14.2. The molecule has 1 atom stereocenters. The fourth-order valence-electron chi connectivity index (χ4n) is 1.33. The van der Waals surface area contributed by atoms with Crippen LogP contribution in [0.15, 0.2) is 12.1 Å². The Balaban J connectivity index is 2.75. The molecule has 0 radical (unpaired) electrons.